The molecular formula is C99H87Cl6F9N18O9. The minimum atomic E-state index is -1.70. The van der Waals surface area contributed by atoms with Gasteiger partial charge in [0, 0.05) is 110 Å². The van der Waals surface area contributed by atoms with E-state index in [2.05, 4.69) is 49.6 Å². The molecule has 0 spiro atoms. The third-order valence-electron chi connectivity index (χ3n) is 24.8. The Morgan fingerprint density at radius 2 is 0.596 bits per heavy atom. The largest absolute Gasteiger partial charge is 0.503 e. The lowest BCUT2D eigenvalue weighted by molar-refractivity contribution is -0.131. The minimum Gasteiger partial charge on any atom is -0.503 e. The van der Waals surface area contributed by atoms with E-state index in [1.54, 1.807) is 87.0 Å². The summed E-state index contributed by atoms with van der Waals surface area (Å²) in [5, 5.41) is 57.5. The molecule has 3 N–H and O–H groups in total. The van der Waals surface area contributed by atoms with Crippen LogP contribution in [0.15, 0.2) is 107 Å². The molecule has 3 aliphatic rings. The fourth-order valence-electron chi connectivity index (χ4n) is 18.7. The van der Waals surface area contributed by atoms with Gasteiger partial charge in [0.15, 0.2) is 69.6 Å². The number of hydrogen-bond acceptors (Lipinski definition) is 21. The zero-order chi connectivity index (χ0) is 104. The number of phenols is 3. The van der Waals surface area contributed by atoms with Crippen LogP contribution in [-0.4, -0.2) is 167 Å². The van der Waals surface area contributed by atoms with Gasteiger partial charge >= 0.3 is 0 Å². The van der Waals surface area contributed by atoms with Crippen LogP contribution in [0.5, 0.6) is 17.2 Å². The SMILES string of the molecule is C=CC(=O)N1[C@H](C)CN(c2c(C#N)c(=O)n(-c3c(C)ccnc3C(C)C)c3nc(-c4c(F)c(O)c(F)c(Cl)c4F)c(Cl)cc23)C[C@@H]1C.C=CC(=O)N1[C@H](C)CN(c2c(C#N)c(=O)n(-c3c(C)ccnc3C(C)C)c3nc(-c4c(F)c(O)c(F)c(Cl)c4F)c(Cl)cc23)C[C@@H]1C.C=CC(=O)N1[C@H](C)CN(c2c(C#N)c(=O)n(-c3c(C)ccnc3C(C)C)c3nc(-c4c(F)c(O)c(F)c(Cl)c4F)c(Cl)cc23)C[C@@H]1C. The molecule has 3 aliphatic heterocycles. The lowest BCUT2D eigenvalue weighted by Crippen LogP contribution is -2.58. The summed E-state index contributed by atoms with van der Waals surface area (Å²) in [6.07, 6.45) is 8.34. The monoisotopic (exact) mass is 2050 g/mol. The highest BCUT2D eigenvalue weighted by atomic mass is 35.5. The summed E-state index contributed by atoms with van der Waals surface area (Å²) in [6.45, 7) is 39.1. The zero-order valence-corrected chi connectivity index (χ0v) is 82.5. The molecule has 6 atom stereocenters. The molecule has 3 saturated heterocycles. The molecule has 141 heavy (non-hydrogen) atoms. The molecule has 3 fully saturated rings. The normalized spacial score (nSPS) is 16.6. The van der Waals surface area contributed by atoms with Crippen LogP contribution in [0.3, 0.4) is 0 Å². The number of hydrogen-bond donors (Lipinski definition) is 3. The number of amides is 3. The smallest absolute Gasteiger partial charge is 0.276 e. The number of nitriles is 3. The van der Waals surface area contributed by atoms with Crippen molar-refractivity contribution in [1.82, 2.24) is 58.3 Å². The maximum absolute atomic E-state index is 15.4. The predicted molar refractivity (Wildman–Crippen MR) is 522 cm³/mol. The van der Waals surface area contributed by atoms with Gasteiger partial charge in [0.25, 0.3) is 16.7 Å². The van der Waals surface area contributed by atoms with E-state index >= 15 is 26.3 Å². The van der Waals surface area contributed by atoms with Crippen LogP contribution in [0.4, 0.5) is 56.6 Å². The summed E-state index contributed by atoms with van der Waals surface area (Å²) in [7, 11) is 0. The van der Waals surface area contributed by atoms with E-state index in [-0.39, 0.29) is 193 Å². The Hall–Kier alpha value is -13.8. The molecule has 732 valence electrons. The number of benzene rings is 3. The highest BCUT2D eigenvalue weighted by Crippen LogP contribution is 2.49. The van der Waals surface area contributed by atoms with E-state index in [9.17, 15) is 73.0 Å². The number of rotatable bonds is 15. The number of halogens is 15. The topological polar surface area (TPSA) is 346 Å². The molecule has 0 aliphatic carbocycles. The van der Waals surface area contributed by atoms with E-state index in [0.717, 1.165) is 13.7 Å². The standard InChI is InChI=1S/3C33H29Cl2F3N6O3/c3*1-7-21(45)43-16(5)12-42(13-17(43)6)30-18-10-20(34)28(22-24(36)23(35)26(38)31(46)25(22)37)41-32(18)44(33(47)19(30)11-39)29-15(4)8-9-40-27(29)14(2)3/h3*7-10,14,16-17,46H,1,12-13H2,2-6H3/t3*16-,17+. The average Bonchev–Trinajstić information content (AvgIpc) is 0.725. The van der Waals surface area contributed by atoms with Gasteiger partial charge in [-0.05, 0) is 151 Å². The zero-order valence-electron chi connectivity index (χ0n) is 78.0. The first-order valence-electron chi connectivity index (χ1n) is 43.7. The van der Waals surface area contributed by atoms with E-state index in [1.807, 2.05) is 101 Å². The van der Waals surface area contributed by atoms with Crippen LogP contribution < -0.4 is 31.4 Å². The Bertz CT molecular complexity index is 6870. The molecule has 0 radical (unpaired) electrons. The van der Waals surface area contributed by atoms with Gasteiger partial charge in [0.2, 0.25) is 17.7 Å². The van der Waals surface area contributed by atoms with Gasteiger partial charge in [-0.3, -0.25) is 57.4 Å². The van der Waals surface area contributed by atoms with Crippen molar-refractivity contribution in [2.45, 2.75) is 158 Å². The molecule has 3 amide bonds. The Labute approximate surface area is 830 Å². The number of anilines is 3. The predicted octanol–water partition coefficient (Wildman–Crippen LogP) is 20.4. The number of phenolic OH excluding ortho intramolecular Hbond substituents is 3. The molecule has 15 rings (SSSR count). The van der Waals surface area contributed by atoms with E-state index < -0.39 is 135 Å². The van der Waals surface area contributed by atoms with Crippen molar-refractivity contribution in [3.05, 3.63) is 257 Å². The Morgan fingerprint density at radius 1 is 0.383 bits per heavy atom. The van der Waals surface area contributed by atoms with Crippen molar-refractivity contribution in [3.8, 4) is 86.3 Å². The Balaban J connectivity index is 0.000000178. The molecule has 12 heterocycles. The van der Waals surface area contributed by atoms with Gasteiger partial charge in [-0.2, -0.15) is 15.8 Å². The molecular weight excluding hydrogens is 1970 g/mol. The highest BCUT2D eigenvalue weighted by molar-refractivity contribution is 6.36. The number of carbonyl (C=O) groups is 3. The lowest BCUT2D eigenvalue weighted by Gasteiger charge is -2.45. The number of aromatic nitrogens is 9. The molecule has 0 saturated carbocycles. The number of piperazine rings is 3. The molecule has 0 unspecified atom stereocenters. The quantitative estimate of drug-likeness (QED) is 0.0371. The van der Waals surface area contributed by atoms with Gasteiger partial charge in [0.05, 0.1) is 100 Å². The van der Waals surface area contributed by atoms with E-state index in [1.165, 1.54) is 36.4 Å². The number of pyridine rings is 9. The summed E-state index contributed by atoms with van der Waals surface area (Å²) >= 11 is 37.2. The maximum Gasteiger partial charge on any atom is 0.276 e. The van der Waals surface area contributed by atoms with Crippen molar-refractivity contribution in [2.24, 2.45) is 0 Å². The minimum absolute atomic E-state index is 0.148. The maximum atomic E-state index is 15.4. The van der Waals surface area contributed by atoms with Gasteiger partial charge in [-0.1, -0.05) is 131 Å². The van der Waals surface area contributed by atoms with Crippen LogP contribution in [0.25, 0.3) is 83.9 Å². The fraction of sp³-hybridized carbons (Fsp3) is 0.303. The second-order valence-electron chi connectivity index (χ2n) is 35.1. The molecule has 27 nitrogen and oxygen atoms in total. The van der Waals surface area contributed by atoms with Crippen molar-refractivity contribution < 1.29 is 69.2 Å². The molecule has 3 aromatic carbocycles. The summed E-state index contributed by atoms with van der Waals surface area (Å²) in [5.74, 6) is -21.0. The van der Waals surface area contributed by atoms with Gasteiger partial charge < -0.3 is 44.7 Å². The lowest BCUT2D eigenvalue weighted by atomic mass is 10.0. The number of nitrogens with zero attached hydrogens (tertiary/aromatic N) is 18. The van der Waals surface area contributed by atoms with Crippen LogP contribution in [-0.2, 0) is 14.4 Å². The molecule has 9 aromatic heterocycles. The van der Waals surface area contributed by atoms with Gasteiger partial charge in [-0.15, -0.1) is 0 Å². The highest BCUT2D eigenvalue weighted by Gasteiger charge is 2.43. The van der Waals surface area contributed by atoms with Crippen molar-refractivity contribution in [3.63, 3.8) is 0 Å². The average molecular weight is 2060 g/mol. The van der Waals surface area contributed by atoms with Crippen molar-refractivity contribution >= 4 is 137 Å². The van der Waals surface area contributed by atoms with E-state index in [4.69, 9.17) is 69.6 Å². The number of carbonyl (C=O) groups excluding carboxylic acids is 3. The first kappa shape index (κ1) is 105. The van der Waals surface area contributed by atoms with Crippen molar-refractivity contribution in [1.29, 1.82) is 15.8 Å². The molecule has 12 aromatic rings. The third kappa shape index (κ3) is 18.1. The second-order valence-corrected chi connectivity index (χ2v) is 37.5. The number of aromatic hydroxyl groups is 3. The van der Waals surface area contributed by atoms with Crippen LogP contribution in [0, 0.1) is 107 Å². The molecule has 0 bridgehead atoms. The van der Waals surface area contributed by atoms with Crippen molar-refractivity contribution in [2.75, 3.05) is 54.0 Å². The third-order valence-corrected chi connectivity index (χ3v) is 26.6. The van der Waals surface area contributed by atoms with Crippen LogP contribution in [0.2, 0.25) is 30.1 Å². The summed E-state index contributed by atoms with van der Waals surface area (Å²) in [5.41, 5.74) is -3.86. The number of fused-ring (bicyclic) bond motifs is 3. The number of aryl methyl sites for hydroxylation is 3. The Kier molecular flexibility index (Phi) is 30.3. The summed E-state index contributed by atoms with van der Waals surface area (Å²) in [4.78, 5) is 118. The first-order valence-corrected chi connectivity index (χ1v) is 45.9. The van der Waals surface area contributed by atoms with E-state index in [0.29, 0.717) is 50.8 Å². The first-order chi connectivity index (χ1) is 66.5. The van der Waals surface area contributed by atoms with Crippen LogP contribution in [0.1, 0.15) is 151 Å². The second kappa shape index (κ2) is 40.8. The fourth-order valence-corrected chi connectivity index (χ4v) is 20.0. The summed E-state index contributed by atoms with van der Waals surface area (Å²) in [6, 6.07) is 12.7. The van der Waals surface area contributed by atoms with Gasteiger partial charge in [-0.25, -0.2) is 54.5 Å². The molecule has 42 heteroatoms. The summed E-state index contributed by atoms with van der Waals surface area (Å²) < 4.78 is 139. The Morgan fingerprint density at radius 3 is 0.787 bits per heavy atom. The van der Waals surface area contributed by atoms with Crippen LogP contribution >= 0.6 is 69.6 Å². The van der Waals surface area contributed by atoms with Gasteiger partial charge in [0.1, 0.15) is 66.9 Å².